The summed E-state index contributed by atoms with van der Waals surface area (Å²) in [6.07, 6.45) is 0. The zero-order chi connectivity index (χ0) is 16.2. The summed E-state index contributed by atoms with van der Waals surface area (Å²) in [6, 6.07) is 11.7. The van der Waals surface area contributed by atoms with Crippen molar-refractivity contribution >= 4 is 11.8 Å². The Morgan fingerprint density at radius 3 is 2.45 bits per heavy atom. The Bertz CT molecular complexity index is 648. The Morgan fingerprint density at radius 2 is 1.86 bits per heavy atom. The molecular weight excluding hydrogens is 283 g/mol. The summed E-state index contributed by atoms with van der Waals surface area (Å²) in [5.74, 6) is -0.403. The average Bonchev–Trinajstić information content (AvgIpc) is 2.44. The first-order valence-corrected chi connectivity index (χ1v) is 7.02. The first-order chi connectivity index (χ1) is 10.3. The third kappa shape index (κ3) is 4.84. The van der Waals surface area contributed by atoms with Crippen LogP contribution in [0.1, 0.15) is 36.7 Å². The average molecular weight is 302 g/mol. The number of aromatic nitrogens is 1. The molecule has 1 aromatic carbocycles. The molecular formula is C17H19FN2O2. The van der Waals surface area contributed by atoms with E-state index in [1.54, 1.807) is 24.3 Å². The van der Waals surface area contributed by atoms with Crippen molar-refractivity contribution in [1.82, 2.24) is 4.98 Å². The molecule has 0 saturated heterocycles. The Labute approximate surface area is 129 Å². The van der Waals surface area contributed by atoms with Gasteiger partial charge in [-0.2, -0.15) is 4.39 Å². The van der Waals surface area contributed by atoms with Crippen molar-refractivity contribution in [3.63, 3.8) is 0 Å². The number of esters is 1. The van der Waals surface area contributed by atoms with Crippen LogP contribution >= 0.6 is 0 Å². The predicted octanol–water partition coefficient (Wildman–Crippen LogP) is 3.79. The SMILES string of the molecule is CC(C)(C)OC(=O)c1ccc(CNc2cccc(F)n2)cc1. The van der Waals surface area contributed by atoms with Crippen LogP contribution in [0.15, 0.2) is 42.5 Å². The number of ether oxygens (including phenoxy) is 1. The minimum absolute atomic E-state index is 0.348. The van der Waals surface area contributed by atoms with Crippen molar-refractivity contribution < 1.29 is 13.9 Å². The fraction of sp³-hybridized carbons (Fsp3) is 0.294. The first kappa shape index (κ1) is 15.9. The Balaban J connectivity index is 1.96. The second-order valence-corrected chi connectivity index (χ2v) is 5.90. The van der Waals surface area contributed by atoms with Gasteiger partial charge in [0.1, 0.15) is 11.4 Å². The smallest absolute Gasteiger partial charge is 0.338 e. The van der Waals surface area contributed by atoms with Crippen LogP contribution in [-0.2, 0) is 11.3 Å². The summed E-state index contributed by atoms with van der Waals surface area (Å²) in [4.78, 5) is 15.6. The monoisotopic (exact) mass is 302 g/mol. The number of rotatable bonds is 4. The minimum Gasteiger partial charge on any atom is -0.456 e. The van der Waals surface area contributed by atoms with Gasteiger partial charge in [0.25, 0.3) is 0 Å². The molecule has 22 heavy (non-hydrogen) atoms. The number of anilines is 1. The molecule has 5 heteroatoms. The van der Waals surface area contributed by atoms with Gasteiger partial charge in [-0.05, 0) is 50.6 Å². The third-order valence-corrected chi connectivity index (χ3v) is 2.78. The molecule has 0 atom stereocenters. The maximum atomic E-state index is 13.0. The topological polar surface area (TPSA) is 51.2 Å². The number of carbonyl (C=O) groups is 1. The summed E-state index contributed by atoms with van der Waals surface area (Å²) < 4.78 is 18.3. The number of benzene rings is 1. The zero-order valence-electron chi connectivity index (χ0n) is 12.9. The van der Waals surface area contributed by atoms with Crippen LogP contribution < -0.4 is 5.32 Å². The maximum Gasteiger partial charge on any atom is 0.338 e. The van der Waals surface area contributed by atoms with E-state index in [0.29, 0.717) is 17.9 Å². The van der Waals surface area contributed by atoms with Crippen LogP contribution in [-0.4, -0.2) is 16.6 Å². The van der Waals surface area contributed by atoms with Gasteiger partial charge in [-0.3, -0.25) is 0 Å². The molecule has 0 unspecified atom stereocenters. The molecule has 0 saturated carbocycles. The van der Waals surface area contributed by atoms with Gasteiger partial charge in [-0.1, -0.05) is 18.2 Å². The largest absolute Gasteiger partial charge is 0.456 e. The summed E-state index contributed by atoms with van der Waals surface area (Å²) >= 11 is 0. The van der Waals surface area contributed by atoms with Crippen molar-refractivity contribution in [2.24, 2.45) is 0 Å². The molecule has 0 bridgehead atoms. The van der Waals surface area contributed by atoms with E-state index in [9.17, 15) is 9.18 Å². The molecule has 0 radical (unpaired) electrons. The van der Waals surface area contributed by atoms with E-state index >= 15 is 0 Å². The number of nitrogens with zero attached hydrogens (tertiary/aromatic N) is 1. The molecule has 0 amide bonds. The second-order valence-electron chi connectivity index (χ2n) is 5.90. The highest BCUT2D eigenvalue weighted by atomic mass is 19.1. The second kappa shape index (κ2) is 6.56. The van der Waals surface area contributed by atoms with Crippen LogP contribution in [0.5, 0.6) is 0 Å². The molecule has 1 aromatic heterocycles. The molecule has 2 rings (SSSR count). The molecule has 2 aromatic rings. The normalized spacial score (nSPS) is 11.1. The van der Waals surface area contributed by atoms with Gasteiger partial charge in [-0.25, -0.2) is 9.78 Å². The van der Waals surface area contributed by atoms with Gasteiger partial charge in [-0.15, -0.1) is 0 Å². The van der Waals surface area contributed by atoms with E-state index in [0.717, 1.165) is 5.56 Å². The summed E-state index contributed by atoms with van der Waals surface area (Å²) in [5.41, 5.74) is 0.946. The lowest BCUT2D eigenvalue weighted by Crippen LogP contribution is -2.23. The number of hydrogen-bond acceptors (Lipinski definition) is 4. The van der Waals surface area contributed by atoms with Crippen molar-refractivity contribution in [1.29, 1.82) is 0 Å². The van der Waals surface area contributed by atoms with E-state index in [4.69, 9.17) is 4.74 Å². The van der Waals surface area contributed by atoms with Crippen LogP contribution in [0.3, 0.4) is 0 Å². The van der Waals surface area contributed by atoms with E-state index in [2.05, 4.69) is 10.3 Å². The molecule has 116 valence electrons. The molecule has 1 N–H and O–H groups in total. The molecule has 0 fully saturated rings. The van der Waals surface area contributed by atoms with Gasteiger partial charge in [0.05, 0.1) is 5.56 Å². The van der Waals surface area contributed by atoms with Crippen molar-refractivity contribution in [3.05, 3.63) is 59.5 Å². The van der Waals surface area contributed by atoms with Crippen LogP contribution in [0.2, 0.25) is 0 Å². The molecule has 0 spiro atoms. The lowest BCUT2D eigenvalue weighted by molar-refractivity contribution is 0.00695. The van der Waals surface area contributed by atoms with Gasteiger partial charge in [0.2, 0.25) is 5.95 Å². The van der Waals surface area contributed by atoms with Crippen LogP contribution in [0.25, 0.3) is 0 Å². The lowest BCUT2D eigenvalue weighted by atomic mass is 10.1. The quantitative estimate of drug-likeness (QED) is 0.689. The molecule has 0 aliphatic heterocycles. The molecule has 0 aliphatic carbocycles. The number of pyridine rings is 1. The Hall–Kier alpha value is -2.43. The fourth-order valence-electron chi connectivity index (χ4n) is 1.80. The standard InChI is InChI=1S/C17H19FN2O2/c1-17(2,3)22-16(21)13-9-7-12(8-10-13)11-19-15-6-4-5-14(18)20-15/h4-10H,11H2,1-3H3,(H,19,20). The zero-order valence-corrected chi connectivity index (χ0v) is 12.9. The van der Waals surface area contributed by atoms with E-state index in [-0.39, 0.29) is 5.97 Å². The van der Waals surface area contributed by atoms with Crippen LogP contribution in [0, 0.1) is 5.95 Å². The highest BCUT2D eigenvalue weighted by Crippen LogP contribution is 2.13. The third-order valence-electron chi connectivity index (χ3n) is 2.78. The van der Waals surface area contributed by atoms with E-state index < -0.39 is 11.5 Å². The summed E-state index contributed by atoms with van der Waals surface area (Å²) in [7, 11) is 0. The van der Waals surface area contributed by atoms with Gasteiger partial charge in [0, 0.05) is 6.54 Å². The van der Waals surface area contributed by atoms with E-state index in [1.807, 2.05) is 32.9 Å². The van der Waals surface area contributed by atoms with Crippen molar-refractivity contribution in [2.75, 3.05) is 5.32 Å². The van der Waals surface area contributed by atoms with E-state index in [1.165, 1.54) is 6.07 Å². The number of hydrogen-bond donors (Lipinski definition) is 1. The lowest BCUT2D eigenvalue weighted by Gasteiger charge is -2.19. The summed E-state index contributed by atoms with van der Waals surface area (Å²) in [5, 5.41) is 3.02. The van der Waals surface area contributed by atoms with Crippen molar-refractivity contribution in [3.8, 4) is 0 Å². The maximum absolute atomic E-state index is 13.0. The highest BCUT2D eigenvalue weighted by Gasteiger charge is 2.17. The number of halogens is 1. The molecule has 1 heterocycles. The minimum atomic E-state index is -0.523. The predicted molar refractivity (Wildman–Crippen MR) is 83.1 cm³/mol. The Morgan fingerprint density at radius 1 is 1.18 bits per heavy atom. The van der Waals surface area contributed by atoms with Gasteiger partial charge in [0.15, 0.2) is 0 Å². The number of nitrogens with one attached hydrogen (secondary N) is 1. The summed E-state index contributed by atoms with van der Waals surface area (Å²) in [6.45, 7) is 5.98. The first-order valence-electron chi connectivity index (χ1n) is 7.02. The number of carbonyl (C=O) groups excluding carboxylic acids is 1. The molecule has 0 aliphatic rings. The van der Waals surface area contributed by atoms with Crippen molar-refractivity contribution in [2.45, 2.75) is 32.9 Å². The highest BCUT2D eigenvalue weighted by molar-refractivity contribution is 5.89. The molecule has 4 nitrogen and oxygen atoms in total. The fourth-order valence-corrected chi connectivity index (χ4v) is 1.80. The van der Waals surface area contributed by atoms with Gasteiger partial charge >= 0.3 is 5.97 Å². The van der Waals surface area contributed by atoms with Gasteiger partial charge < -0.3 is 10.1 Å². The van der Waals surface area contributed by atoms with Crippen LogP contribution in [0.4, 0.5) is 10.2 Å². The Kier molecular flexibility index (Phi) is 4.75.